The van der Waals surface area contributed by atoms with Gasteiger partial charge in [0.25, 0.3) is 0 Å². The topological polar surface area (TPSA) is 65.2 Å². The first kappa shape index (κ1) is 26.2. The van der Waals surface area contributed by atoms with Gasteiger partial charge >= 0.3 is 0 Å². The van der Waals surface area contributed by atoms with Gasteiger partial charge in [-0.15, -0.1) is 0 Å². The first-order chi connectivity index (χ1) is 21.1. The third-order valence-electron chi connectivity index (χ3n) is 8.09. The summed E-state index contributed by atoms with van der Waals surface area (Å²) in [5.74, 6) is 0.387. The second kappa shape index (κ2) is 10.9. The third-order valence-corrected chi connectivity index (χ3v) is 8.09. The van der Waals surface area contributed by atoms with Crippen molar-refractivity contribution in [3.05, 3.63) is 179 Å². The van der Waals surface area contributed by atoms with Crippen molar-refractivity contribution in [3.8, 4) is 22.6 Å². The standard InChI is InChI=1S/C39H28N2O2/c42-37-21-7-1-11-27(37)25-40-31-15-9-13-29(23-31)39(35-19-5-3-17-33(35)34-18-4-6-20-36(34)39)30-14-10-16-32(24-30)41-26-28-12-2-8-22-38(28)43/h1-26,42-43H. The van der Waals surface area contributed by atoms with Gasteiger partial charge in [-0.25, -0.2) is 0 Å². The van der Waals surface area contributed by atoms with E-state index in [1.165, 1.54) is 22.3 Å². The molecule has 0 atom stereocenters. The van der Waals surface area contributed by atoms with Crippen LogP contribution in [0.3, 0.4) is 0 Å². The summed E-state index contributed by atoms with van der Waals surface area (Å²) in [5.41, 5.74) is 9.23. The Balaban J connectivity index is 1.42. The molecule has 0 heterocycles. The number of phenols is 2. The van der Waals surface area contributed by atoms with Gasteiger partial charge in [0.05, 0.1) is 16.8 Å². The van der Waals surface area contributed by atoms with Gasteiger partial charge < -0.3 is 10.2 Å². The number of phenolic OH excluding ortho intramolecular Hbond substituents is 2. The zero-order valence-corrected chi connectivity index (χ0v) is 23.3. The van der Waals surface area contributed by atoms with Crippen molar-refractivity contribution in [3.63, 3.8) is 0 Å². The number of para-hydroxylation sites is 2. The largest absolute Gasteiger partial charge is 0.507 e. The highest BCUT2D eigenvalue weighted by Gasteiger charge is 2.46. The minimum Gasteiger partial charge on any atom is -0.507 e. The Kier molecular flexibility index (Phi) is 6.65. The van der Waals surface area contributed by atoms with Crippen LogP contribution < -0.4 is 0 Å². The van der Waals surface area contributed by atoms with Crippen molar-refractivity contribution in [1.82, 2.24) is 0 Å². The van der Waals surface area contributed by atoms with Crippen LogP contribution in [0.4, 0.5) is 11.4 Å². The normalized spacial score (nSPS) is 13.3. The molecule has 2 N–H and O–H groups in total. The summed E-state index contributed by atoms with van der Waals surface area (Å²) in [6.07, 6.45) is 3.40. The summed E-state index contributed by atoms with van der Waals surface area (Å²) >= 11 is 0. The number of nitrogens with zero attached hydrogens (tertiary/aromatic N) is 2. The van der Waals surface area contributed by atoms with E-state index in [4.69, 9.17) is 9.98 Å². The summed E-state index contributed by atoms with van der Waals surface area (Å²) in [6.45, 7) is 0. The number of aliphatic imine (C=N–C) groups is 2. The van der Waals surface area contributed by atoms with Gasteiger partial charge in [0.15, 0.2) is 0 Å². The van der Waals surface area contributed by atoms with Crippen molar-refractivity contribution in [2.24, 2.45) is 9.98 Å². The molecule has 6 aromatic carbocycles. The van der Waals surface area contributed by atoms with Crippen LogP contribution in [0.15, 0.2) is 156 Å². The van der Waals surface area contributed by atoms with E-state index in [9.17, 15) is 10.2 Å². The maximum Gasteiger partial charge on any atom is 0.124 e. The number of aromatic hydroxyl groups is 2. The Morgan fingerprint density at radius 3 is 1.33 bits per heavy atom. The molecule has 0 amide bonds. The molecule has 0 aliphatic heterocycles. The van der Waals surface area contributed by atoms with E-state index in [2.05, 4.69) is 72.8 Å². The van der Waals surface area contributed by atoms with Gasteiger partial charge in [-0.05, 0) is 81.9 Å². The van der Waals surface area contributed by atoms with Gasteiger partial charge in [0, 0.05) is 23.6 Å². The predicted molar refractivity (Wildman–Crippen MR) is 174 cm³/mol. The van der Waals surface area contributed by atoms with E-state index in [0.717, 1.165) is 22.5 Å². The third kappa shape index (κ3) is 4.59. The van der Waals surface area contributed by atoms with Crippen molar-refractivity contribution in [2.75, 3.05) is 0 Å². The lowest BCUT2D eigenvalue weighted by atomic mass is 9.67. The molecule has 6 aromatic rings. The highest BCUT2D eigenvalue weighted by atomic mass is 16.3. The fourth-order valence-electron chi connectivity index (χ4n) is 6.14. The van der Waals surface area contributed by atoms with Crippen molar-refractivity contribution in [1.29, 1.82) is 0 Å². The number of rotatable bonds is 6. The molecule has 0 radical (unpaired) electrons. The number of hydrogen-bond donors (Lipinski definition) is 2. The smallest absolute Gasteiger partial charge is 0.124 e. The van der Waals surface area contributed by atoms with Crippen molar-refractivity contribution >= 4 is 23.8 Å². The maximum atomic E-state index is 10.3. The van der Waals surface area contributed by atoms with Crippen LogP contribution in [0.1, 0.15) is 33.4 Å². The van der Waals surface area contributed by atoms with Crippen LogP contribution in [-0.4, -0.2) is 22.6 Å². The van der Waals surface area contributed by atoms with Crippen LogP contribution in [0.25, 0.3) is 11.1 Å². The van der Waals surface area contributed by atoms with Crippen LogP contribution in [0.5, 0.6) is 11.5 Å². The molecule has 206 valence electrons. The Morgan fingerprint density at radius 2 is 0.860 bits per heavy atom. The molecule has 4 heteroatoms. The fourth-order valence-corrected chi connectivity index (χ4v) is 6.14. The molecule has 0 saturated heterocycles. The van der Waals surface area contributed by atoms with Crippen molar-refractivity contribution < 1.29 is 10.2 Å². The minimum absolute atomic E-state index is 0.193. The van der Waals surface area contributed by atoms with E-state index in [1.807, 2.05) is 48.5 Å². The molecule has 43 heavy (non-hydrogen) atoms. The monoisotopic (exact) mass is 556 g/mol. The summed E-state index contributed by atoms with van der Waals surface area (Å²) in [6, 6.07) is 48.2. The Bertz CT molecular complexity index is 1880. The molecule has 0 fully saturated rings. The first-order valence-electron chi connectivity index (χ1n) is 14.2. The van der Waals surface area contributed by atoms with E-state index in [0.29, 0.717) is 11.1 Å². The van der Waals surface area contributed by atoms with Gasteiger partial charge in [-0.1, -0.05) is 97.1 Å². The van der Waals surface area contributed by atoms with Gasteiger partial charge in [-0.3, -0.25) is 9.98 Å². The molecule has 1 aliphatic carbocycles. The summed E-state index contributed by atoms with van der Waals surface area (Å²) in [7, 11) is 0. The highest BCUT2D eigenvalue weighted by Crippen LogP contribution is 2.56. The molecule has 0 spiro atoms. The number of benzene rings is 6. The first-order valence-corrected chi connectivity index (χ1v) is 14.2. The van der Waals surface area contributed by atoms with Gasteiger partial charge in [0.2, 0.25) is 0 Å². The number of fused-ring (bicyclic) bond motifs is 3. The van der Waals surface area contributed by atoms with Crippen molar-refractivity contribution in [2.45, 2.75) is 5.41 Å². The molecule has 0 aromatic heterocycles. The quantitative estimate of drug-likeness (QED) is 0.201. The zero-order valence-electron chi connectivity index (χ0n) is 23.3. The SMILES string of the molecule is Oc1ccccc1C=Nc1cccc(C2(c3cccc(N=Cc4ccccc4O)c3)c3ccccc3-c3ccccc32)c1. The summed E-state index contributed by atoms with van der Waals surface area (Å²) in [4.78, 5) is 9.53. The molecular weight excluding hydrogens is 528 g/mol. The molecule has 0 unspecified atom stereocenters. The predicted octanol–water partition coefficient (Wildman–Crippen LogP) is 8.96. The molecule has 7 rings (SSSR count). The Hall–Kier alpha value is -5.74. The van der Waals surface area contributed by atoms with Crippen LogP contribution in [0, 0.1) is 0 Å². The lowest BCUT2D eigenvalue weighted by molar-refractivity contribution is 0.474. The van der Waals surface area contributed by atoms with E-state index in [-0.39, 0.29) is 11.5 Å². The lowest BCUT2D eigenvalue weighted by Gasteiger charge is -2.34. The summed E-state index contributed by atoms with van der Waals surface area (Å²) < 4.78 is 0. The molecule has 4 nitrogen and oxygen atoms in total. The number of hydrogen-bond acceptors (Lipinski definition) is 4. The van der Waals surface area contributed by atoms with Gasteiger partial charge in [-0.2, -0.15) is 0 Å². The van der Waals surface area contributed by atoms with Crippen LogP contribution in [0.2, 0.25) is 0 Å². The molecule has 0 bridgehead atoms. The second-order valence-corrected chi connectivity index (χ2v) is 10.6. The average Bonchev–Trinajstić information content (AvgIpc) is 3.36. The maximum absolute atomic E-state index is 10.3. The molecule has 1 aliphatic rings. The minimum atomic E-state index is -0.617. The van der Waals surface area contributed by atoms with Gasteiger partial charge in [0.1, 0.15) is 11.5 Å². The Morgan fingerprint density at radius 1 is 0.442 bits per heavy atom. The second-order valence-electron chi connectivity index (χ2n) is 10.6. The lowest BCUT2D eigenvalue weighted by Crippen LogP contribution is -2.28. The molecule has 0 saturated carbocycles. The fraction of sp³-hybridized carbons (Fsp3) is 0.0256. The molecular formula is C39H28N2O2. The van der Waals surface area contributed by atoms with Crippen LogP contribution in [-0.2, 0) is 5.41 Å². The Labute approximate surface area is 250 Å². The van der Waals surface area contributed by atoms with Crippen LogP contribution >= 0.6 is 0 Å². The van der Waals surface area contributed by atoms with E-state index in [1.54, 1.807) is 36.7 Å². The zero-order chi connectivity index (χ0) is 29.2. The van der Waals surface area contributed by atoms with E-state index < -0.39 is 5.41 Å². The average molecular weight is 557 g/mol. The summed E-state index contributed by atoms with van der Waals surface area (Å²) in [5, 5.41) is 20.5. The van der Waals surface area contributed by atoms with E-state index >= 15 is 0 Å². The highest BCUT2D eigenvalue weighted by molar-refractivity contribution is 5.88.